The highest BCUT2D eigenvalue weighted by molar-refractivity contribution is 7.99. The molecule has 0 fully saturated rings. The minimum atomic E-state index is 0.492. The third-order valence-corrected chi connectivity index (χ3v) is 3.47. The highest BCUT2D eigenvalue weighted by atomic mass is 32.2. The summed E-state index contributed by atoms with van der Waals surface area (Å²) in [5.74, 6) is 0.618. The molecule has 0 saturated heterocycles. The summed E-state index contributed by atoms with van der Waals surface area (Å²) in [5, 5.41) is 10.1. The highest BCUT2D eigenvalue weighted by Crippen LogP contribution is 2.25. The van der Waals surface area contributed by atoms with E-state index in [4.69, 9.17) is 5.26 Å². The Bertz CT molecular complexity index is 341. The number of nitrogens with zero attached hydrogens (tertiary/aromatic N) is 2. The van der Waals surface area contributed by atoms with E-state index in [1.54, 1.807) is 17.8 Å². The van der Waals surface area contributed by atoms with E-state index in [0.717, 1.165) is 5.03 Å². The number of thioether (sulfide) groups is 1. The van der Waals surface area contributed by atoms with Crippen molar-refractivity contribution in [3.8, 4) is 6.07 Å². The van der Waals surface area contributed by atoms with Crippen LogP contribution in [0.5, 0.6) is 0 Å². The highest BCUT2D eigenvalue weighted by Gasteiger charge is 2.09. The molecule has 0 amide bonds. The zero-order valence-electron chi connectivity index (χ0n) is 8.69. The number of aromatic nitrogens is 1. The molecule has 0 bridgehead atoms. The Morgan fingerprint density at radius 2 is 2.07 bits per heavy atom. The smallest absolute Gasteiger partial charge is 0.141 e. The first-order valence-electron chi connectivity index (χ1n) is 4.67. The van der Waals surface area contributed by atoms with E-state index in [2.05, 4.69) is 25.8 Å². The van der Waals surface area contributed by atoms with E-state index < -0.39 is 0 Å². The van der Waals surface area contributed by atoms with Gasteiger partial charge in [0.25, 0.3) is 0 Å². The van der Waals surface area contributed by atoms with Crippen molar-refractivity contribution in [1.29, 1.82) is 5.26 Å². The maximum Gasteiger partial charge on any atom is 0.141 e. The monoisotopic (exact) mass is 206 g/mol. The summed E-state index contributed by atoms with van der Waals surface area (Å²) in [4.78, 5) is 4.22. The van der Waals surface area contributed by atoms with Crippen molar-refractivity contribution in [3.63, 3.8) is 0 Å². The molecule has 3 heteroatoms. The van der Waals surface area contributed by atoms with Gasteiger partial charge in [-0.1, -0.05) is 26.8 Å². The van der Waals surface area contributed by atoms with Crippen molar-refractivity contribution in [2.24, 2.45) is 5.92 Å². The third-order valence-electron chi connectivity index (χ3n) is 2.08. The van der Waals surface area contributed by atoms with Crippen molar-refractivity contribution in [2.45, 2.75) is 31.0 Å². The Morgan fingerprint density at radius 1 is 1.36 bits per heavy atom. The molecular weight excluding hydrogens is 192 g/mol. The van der Waals surface area contributed by atoms with Crippen LogP contribution in [0, 0.1) is 17.2 Å². The number of pyridine rings is 1. The van der Waals surface area contributed by atoms with Crippen LogP contribution in [-0.2, 0) is 0 Å². The molecule has 0 spiro atoms. The van der Waals surface area contributed by atoms with Gasteiger partial charge < -0.3 is 0 Å². The van der Waals surface area contributed by atoms with E-state index in [0.29, 0.717) is 16.9 Å². The minimum absolute atomic E-state index is 0.492. The fourth-order valence-corrected chi connectivity index (χ4v) is 1.83. The van der Waals surface area contributed by atoms with Crippen molar-refractivity contribution in [1.82, 2.24) is 4.98 Å². The molecule has 0 saturated carbocycles. The Kier molecular flexibility index (Phi) is 3.97. The zero-order valence-corrected chi connectivity index (χ0v) is 9.51. The average Bonchev–Trinajstić information content (AvgIpc) is 2.18. The second kappa shape index (κ2) is 5.02. The first-order chi connectivity index (χ1) is 6.63. The molecule has 74 valence electrons. The molecule has 1 aromatic heterocycles. The summed E-state index contributed by atoms with van der Waals surface area (Å²) >= 11 is 1.72. The van der Waals surface area contributed by atoms with Gasteiger partial charge in [-0.3, -0.25) is 0 Å². The predicted octanol–water partition coefficient (Wildman–Crippen LogP) is 3.09. The van der Waals surface area contributed by atoms with Crippen LogP contribution in [0.25, 0.3) is 0 Å². The van der Waals surface area contributed by atoms with Gasteiger partial charge in [-0.2, -0.15) is 5.26 Å². The van der Waals surface area contributed by atoms with Crippen LogP contribution in [0.1, 0.15) is 26.5 Å². The van der Waals surface area contributed by atoms with E-state index in [1.165, 1.54) is 0 Å². The summed E-state index contributed by atoms with van der Waals surface area (Å²) in [6.07, 6.45) is 0. The lowest BCUT2D eigenvalue weighted by molar-refractivity contribution is 0.641. The zero-order chi connectivity index (χ0) is 10.6. The van der Waals surface area contributed by atoms with Crippen molar-refractivity contribution < 1.29 is 0 Å². The van der Waals surface area contributed by atoms with E-state index in [-0.39, 0.29) is 0 Å². The van der Waals surface area contributed by atoms with Gasteiger partial charge >= 0.3 is 0 Å². The van der Waals surface area contributed by atoms with Gasteiger partial charge in [-0.15, -0.1) is 11.8 Å². The normalized spacial score (nSPS) is 12.5. The molecule has 1 heterocycles. The van der Waals surface area contributed by atoms with Crippen LogP contribution in [-0.4, -0.2) is 10.2 Å². The van der Waals surface area contributed by atoms with Crippen LogP contribution in [0.4, 0.5) is 0 Å². The lowest BCUT2D eigenvalue weighted by Gasteiger charge is -2.13. The molecule has 0 aliphatic rings. The van der Waals surface area contributed by atoms with Gasteiger partial charge in [0, 0.05) is 5.25 Å². The Balaban J connectivity index is 2.73. The van der Waals surface area contributed by atoms with Gasteiger partial charge in [0.2, 0.25) is 0 Å². The van der Waals surface area contributed by atoms with Crippen LogP contribution >= 0.6 is 11.8 Å². The molecule has 1 atom stereocenters. The van der Waals surface area contributed by atoms with Gasteiger partial charge in [-0.25, -0.2) is 4.98 Å². The molecule has 1 rings (SSSR count). The summed E-state index contributed by atoms with van der Waals surface area (Å²) in [6, 6.07) is 7.60. The minimum Gasteiger partial charge on any atom is -0.231 e. The molecule has 0 radical (unpaired) electrons. The van der Waals surface area contributed by atoms with E-state index in [9.17, 15) is 0 Å². The Labute approximate surface area is 89.4 Å². The van der Waals surface area contributed by atoms with Gasteiger partial charge in [0.15, 0.2) is 0 Å². The molecule has 0 N–H and O–H groups in total. The second-order valence-corrected chi connectivity index (χ2v) is 4.94. The van der Waals surface area contributed by atoms with Crippen LogP contribution in [0.15, 0.2) is 23.2 Å². The summed E-state index contributed by atoms with van der Waals surface area (Å²) < 4.78 is 0. The van der Waals surface area contributed by atoms with E-state index >= 15 is 0 Å². The van der Waals surface area contributed by atoms with Gasteiger partial charge in [0.1, 0.15) is 11.8 Å². The van der Waals surface area contributed by atoms with Crippen molar-refractivity contribution >= 4 is 11.8 Å². The molecule has 1 unspecified atom stereocenters. The second-order valence-electron chi connectivity index (χ2n) is 3.54. The molecule has 14 heavy (non-hydrogen) atoms. The van der Waals surface area contributed by atoms with Crippen LogP contribution in [0.3, 0.4) is 0 Å². The van der Waals surface area contributed by atoms with Crippen molar-refractivity contribution in [3.05, 3.63) is 23.9 Å². The maximum atomic E-state index is 8.68. The van der Waals surface area contributed by atoms with Crippen LogP contribution < -0.4 is 0 Å². The Hall–Kier alpha value is -1.01. The fourth-order valence-electron chi connectivity index (χ4n) is 0.869. The van der Waals surface area contributed by atoms with Gasteiger partial charge in [0.05, 0.1) is 5.03 Å². The molecule has 0 aliphatic carbocycles. The number of rotatable bonds is 3. The lowest BCUT2D eigenvalue weighted by Crippen LogP contribution is -2.05. The van der Waals surface area contributed by atoms with Gasteiger partial charge in [-0.05, 0) is 18.1 Å². The largest absolute Gasteiger partial charge is 0.231 e. The fraction of sp³-hybridized carbons (Fsp3) is 0.455. The first kappa shape index (κ1) is 11.1. The predicted molar refractivity (Wildman–Crippen MR) is 59.1 cm³/mol. The van der Waals surface area contributed by atoms with Crippen molar-refractivity contribution in [2.75, 3.05) is 0 Å². The molecule has 0 aliphatic heterocycles. The summed E-state index contributed by atoms with van der Waals surface area (Å²) in [7, 11) is 0. The quantitative estimate of drug-likeness (QED) is 0.713. The SMILES string of the molecule is CC(C)C(C)Sc1cccc(C#N)n1. The number of nitriles is 1. The average molecular weight is 206 g/mol. The molecular formula is C11H14N2S. The topological polar surface area (TPSA) is 36.7 Å². The van der Waals surface area contributed by atoms with E-state index in [1.807, 2.05) is 18.2 Å². The summed E-state index contributed by atoms with van der Waals surface area (Å²) in [5.41, 5.74) is 0.492. The lowest BCUT2D eigenvalue weighted by atomic mass is 10.2. The Morgan fingerprint density at radius 3 is 2.64 bits per heavy atom. The number of hydrogen-bond donors (Lipinski definition) is 0. The molecule has 1 aromatic rings. The first-order valence-corrected chi connectivity index (χ1v) is 5.55. The standard InChI is InChI=1S/C11H14N2S/c1-8(2)9(3)14-11-6-4-5-10(7-12)13-11/h4-6,8-9H,1-3H3. The number of hydrogen-bond acceptors (Lipinski definition) is 3. The summed E-state index contributed by atoms with van der Waals surface area (Å²) in [6.45, 7) is 6.55. The molecule has 0 aromatic carbocycles. The third kappa shape index (κ3) is 3.04. The maximum absolute atomic E-state index is 8.68. The molecule has 2 nitrogen and oxygen atoms in total. The van der Waals surface area contributed by atoms with Crippen LogP contribution in [0.2, 0.25) is 0 Å².